The molecule has 1 aromatic rings. The number of thioether (sulfide) groups is 1. The lowest BCUT2D eigenvalue weighted by atomic mass is 10.1. The molecule has 94 valence electrons. The molecule has 0 bridgehead atoms. The van der Waals surface area contributed by atoms with E-state index in [4.69, 9.17) is 10.9 Å². The molecule has 0 aliphatic heterocycles. The van der Waals surface area contributed by atoms with Gasteiger partial charge in [0.25, 0.3) is 0 Å². The Balaban J connectivity index is 2.76. The molecule has 0 radical (unpaired) electrons. The van der Waals surface area contributed by atoms with Gasteiger partial charge in [-0.2, -0.15) is 11.8 Å². The molecular formula is C11H16FN3OS. The van der Waals surface area contributed by atoms with E-state index in [-0.39, 0.29) is 5.84 Å². The maximum atomic E-state index is 13.1. The smallest absolute Gasteiger partial charge is 0.170 e. The molecule has 17 heavy (non-hydrogen) atoms. The summed E-state index contributed by atoms with van der Waals surface area (Å²) in [6.07, 6.45) is 2.03. The van der Waals surface area contributed by atoms with Gasteiger partial charge in [-0.1, -0.05) is 11.2 Å². The summed E-state index contributed by atoms with van der Waals surface area (Å²) < 4.78 is 13.1. The number of hydrogen-bond donors (Lipinski definition) is 3. The van der Waals surface area contributed by atoms with Crippen LogP contribution in [0.15, 0.2) is 23.4 Å². The van der Waals surface area contributed by atoms with E-state index in [1.165, 1.54) is 12.1 Å². The molecule has 4 nitrogen and oxygen atoms in total. The van der Waals surface area contributed by atoms with Crippen molar-refractivity contribution in [2.24, 2.45) is 10.9 Å². The standard InChI is InChI=1S/C11H16FN3OS/c1-17-5-4-14-7-8-2-3-9(12)6-10(8)11(13)15-16/h2-3,6,14,16H,4-5,7H2,1H3,(H2,13,15). The third-order valence-electron chi connectivity index (χ3n) is 2.25. The van der Waals surface area contributed by atoms with E-state index in [2.05, 4.69) is 10.5 Å². The van der Waals surface area contributed by atoms with E-state index in [0.717, 1.165) is 17.9 Å². The Morgan fingerprint density at radius 3 is 3.00 bits per heavy atom. The lowest BCUT2D eigenvalue weighted by Gasteiger charge is -2.09. The average molecular weight is 257 g/mol. The van der Waals surface area contributed by atoms with E-state index < -0.39 is 5.82 Å². The maximum absolute atomic E-state index is 13.1. The van der Waals surface area contributed by atoms with Crippen LogP contribution in [-0.2, 0) is 6.54 Å². The highest BCUT2D eigenvalue weighted by Gasteiger charge is 2.08. The number of rotatable bonds is 6. The molecule has 1 aromatic carbocycles. The molecule has 0 saturated heterocycles. The number of hydrogen-bond acceptors (Lipinski definition) is 4. The van der Waals surface area contributed by atoms with Gasteiger partial charge in [-0.3, -0.25) is 0 Å². The molecule has 0 spiro atoms. The van der Waals surface area contributed by atoms with Crippen LogP contribution in [0, 0.1) is 5.82 Å². The number of amidine groups is 1. The monoisotopic (exact) mass is 257 g/mol. The summed E-state index contributed by atoms with van der Waals surface area (Å²) in [5.41, 5.74) is 6.72. The van der Waals surface area contributed by atoms with Crippen LogP contribution in [0.1, 0.15) is 11.1 Å². The summed E-state index contributed by atoms with van der Waals surface area (Å²) in [5.74, 6) is 0.519. The molecule has 0 aliphatic rings. The second kappa shape index (κ2) is 7.13. The van der Waals surface area contributed by atoms with Crippen LogP contribution in [0.5, 0.6) is 0 Å². The van der Waals surface area contributed by atoms with Crippen molar-refractivity contribution in [1.29, 1.82) is 0 Å². The van der Waals surface area contributed by atoms with Crippen molar-refractivity contribution >= 4 is 17.6 Å². The van der Waals surface area contributed by atoms with Gasteiger partial charge in [-0.25, -0.2) is 4.39 Å². The SMILES string of the molecule is CSCCNCc1ccc(F)cc1C(N)=NO. The molecule has 6 heteroatoms. The summed E-state index contributed by atoms with van der Waals surface area (Å²) in [6.45, 7) is 1.42. The second-order valence-electron chi connectivity index (χ2n) is 3.46. The van der Waals surface area contributed by atoms with Crippen molar-refractivity contribution in [3.8, 4) is 0 Å². The molecule has 0 aromatic heterocycles. The van der Waals surface area contributed by atoms with E-state index in [1.807, 2.05) is 6.26 Å². The molecule has 0 fully saturated rings. The van der Waals surface area contributed by atoms with Crippen LogP contribution in [0.4, 0.5) is 4.39 Å². The largest absolute Gasteiger partial charge is 0.409 e. The fraction of sp³-hybridized carbons (Fsp3) is 0.364. The fourth-order valence-electron chi connectivity index (χ4n) is 1.39. The number of nitrogens with two attached hydrogens (primary N) is 1. The first-order valence-electron chi connectivity index (χ1n) is 5.15. The van der Waals surface area contributed by atoms with Crippen LogP contribution in [0.3, 0.4) is 0 Å². The summed E-state index contributed by atoms with van der Waals surface area (Å²) in [5, 5.41) is 14.7. The Morgan fingerprint density at radius 1 is 1.59 bits per heavy atom. The minimum absolute atomic E-state index is 0.0776. The Morgan fingerprint density at radius 2 is 2.35 bits per heavy atom. The number of nitrogens with zero attached hydrogens (tertiary/aromatic N) is 1. The molecule has 1 rings (SSSR count). The third-order valence-corrected chi connectivity index (χ3v) is 2.87. The highest BCUT2D eigenvalue weighted by molar-refractivity contribution is 7.98. The first kappa shape index (κ1) is 13.8. The van der Waals surface area contributed by atoms with Gasteiger partial charge in [-0.05, 0) is 24.0 Å². The first-order chi connectivity index (χ1) is 8.19. The molecule has 0 aliphatic carbocycles. The number of nitrogens with one attached hydrogen (secondary N) is 1. The second-order valence-corrected chi connectivity index (χ2v) is 4.44. The van der Waals surface area contributed by atoms with Gasteiger partial charge in [0.1, 0.15) is 5.82 Å². The fourth-order valence-corrected chi connectivity index (χ4v) is 1.74. The lowest BCUT2D eigenvalue weighted by Crippen LogP contribution is -2.21. The molecular weight excluding hydrogens is 241 g/mol. The van der Waals surface area contributed by atoms with Crippen molar-refractivity contribution in [3.05, 3.63) is 35.1 Å². The molecule has 4 N–H and O–H groups in total. The van der Waals surface area contributed by atoms with Crippen molar-refractivity contribution in [1.82, 2.24) is 5.32 Å². The van der Waals surface area contributed by atoms with Crippen LogP contribution < -0.4 is 11.1 Å². The van der Waals surface area contributed by atoms with Gasteiger partial charge in [0, 0.05) is 24.4 Å². The van der Waals surface area contributed by atoms with Crippen LogP contribution >= 0.6 is 11.8 Å². The van der Waals surface area contributed by atoms with Gasteiger partial charge in [-0.15, -0.1) is 0 Å². The Hall–Kier alpha value is -1.27. The topological polar surface area (TPSA) is 70.6 Å². The molecule has 0 saturated carbocycles. The van der Waals surface area contributed by atoms with Crippen LogP contribution in [0.25, 0.3) is 0 Å². The number of benzene rings is 1. The molecule has 0 atom stereocenters. The van der Waals surface area contributed by atoms with Crippen molar-refractivity contribution in [3.63, 3.8) is 0 Å². The van der Waals surface area contributed by atoms with Gasteiger partial charge in [0.15, 0.2) is 5.84 Å². The van der Waals surface area contributed by atoms with Gasteiger partial charge in [0.05, 0.1) is 0 Å². The first-order valence-corrected chi connectivity index (χ1v) is 6.54. The van der Waals surface area contributed by atoms with Crippen molar-refractivity contribution in [2.75, 3.05) is 18.6 Å². The highest BCUT2D eigenvalue weighted by Crippen LogP contribution is 2.11. The highest BCUT2D eigenvalue weighted by atomic mass is 32.2. The Bertz CT molecular complexity index is 398. The lowest BCUT2D eigenvalue weighted by molar-refractivity contribution is 0.318. The predicted molar refractivity (Wildman–Crippen MR) is 69.0 cm³/mol. The van der Waals surface area contributed by atoms with Crippen LogP contribution in [-0.4, -0.2) is 29.6 Å². The summed E-state index contributed by atoms with van der Waals surface area (Å²) in [6, 6.07) is 4.26. The zero-order valence-corrected chi connectivity index (χ0v) is 10.4. The van der Waals surface area contributed by atoms with Crippen molar-refractivity contribution in [2.45, 2.75) is 6.54 Å². The molecule has 0 unspecified atom stereocenters. The van der Waals surface area contributed by atoms with E-state index in [0.29, 0.717) is 12.1 Å². The maximum Gasteiger partial charge on any atom is 0.170 e. The zero-order chi connectivity index (χ0) is 12.7. The number of halogens is 1. The van der Waals surface area contributed by atoms with Crippen LogP contribution in [0.2, 0.25) is 0 Å². The van der Waals surface area contributed by atoms with Gasteiger partial charge >= 0.3 is 0 Å². The van der Waals surface area contributed by atoms with Gasteiger partial charge < -0.3 is 16.3 Å². The average Bonchev–Trinajstić information content (AvgIpc) is 2.35. The molecule has 0 amide bonds. The summed E-state index contributed by atoms with van der Waals surface area (Å²) in [7, 11) is 0. The predicted octanol–water partition coefficient (Wildman–Crippen LogP) is 1.37. The van der Waals surface area contributed by atoms with E-state index in [1.54, 1.807) is 17.8 Å². The quantitative estimate of drug-likeness (QED) is 0.237. The minimum atomic E-state index is -0.403. The Labute approximate surface area is 104 Å². The van der Waals surface area contributed by atoms with Crippen molar-refractivity contribution < 1.29 is 9.60 Å². The number of oxime groups is 1. The minimum Gasteiger partial charge on any atom is -0.409 e. The van der Waals surface area contributed by atoms with Gasteiger partial charge in [0.2, 0.25) is 0 Å². The van der Waals surface area contributed by atoms with E-state index >= 15 is 0 Å². The Kier molecular flexibility index (Phi) is 5.79. The zero-order valence-electron chi connectivity index (χ0n) is 9.61. The molecule has 0 heterocycles. The summed E-state index contributed by atoms with van der Waals surface area (Å²) >= 11 is 1.74. The third kappa shape index (κ3) is 4.24. The summed E-state index contributed by atoms with van der Waals surface area (Å²) in [4.78, 5) is 0. The van der Waals surface area contributed by atoms with E-state index in [9.17, 15) is 4.39 Å². The normalized spacial score (nSPS) is 11.8.